The molecule has 3 nitrogen and oxygen atoms in total. The van der Waals surface area contributed by atoms with E-state index in [-0.39, 0.29) is 0 Å². The fourth-order valence-corrected chi connectivity index (χ4v) is 1.58. The number of halogens is 4. The fourth-order valence-electron chi connectivity index (χ4n) is 1.58. The highest BCUT2D eigenvalue weighted by molar-refractivity contribution is 5.90. The Labute approximate surface area is 108 Å². The summed E-state index contributed by atoms with van der Waals surface area (Å²) in [7, 11) is 0. The van der Waals surface area contributed by atoms with Crippen molar-refractivity contribution in [3.8, 4) is 0 Å². The van der Waals surface area contributed by atoms with E-state index in [9.17, 15) is 22.4 Å². The number of hydrogen-bond donors (Lipinski definition) is 1. The van der Waals surface area contributed by atoms with Gasteiger partial charge in [0.25, 0.3) is 0 Å². The van der Waals surface area contributed by atoms with Crippen LogP contribution in [0.2, 0.25) is 0 Å². The number of nitrogens with one attached hydrogen (secondary N) is 1. The largest absolute Gasteiger partial charge is 0.418 e. The molecule has 19 heavy (non-hydrogen) atoms. The van der Waals surface area contributed by atoms with Gasteiger partial charge in [-0.2, -0.15) is 13.2 Å². The molecule has 0 atom stereocenters. The zero-order chi connectivity index (χ0) is 14.6. The van der Waals surface area contributed by atoms with Crippen LogP contribution in [-0.4, -0.2) is 24.0 Å². The first-order valence-corrected chi connectivity index (χ1v) is 5.72. The summed E-state index contributed by atoms with van der Waals surface area (Å²) in [5, 5.41) is 1.98. The van der Waals surface area contributed by atoms with Crippen molar-refractivity contribution in [2.75, 3.05) is 18.4 Å². The number of anilines is 1. The normalized spacial score (nSPS) is 11.3. The van der Waals surface area contributed by atoms with Crippen LogP contribution in [0.1, 0.15) is 19.4 Å². The van der Waals surface area contributed by atoms with Crippen LogP contribution in [0.3, 0.4) is 0 Å². The number of benzene rings is 1. The van der Waals surface area contributed by atoms with E-state index in [0.717, 1.165) is 18.2 Å². The monoisotopic (exact) mass is 278 g/mol. The zero-order valence-electron chi connectivity index (χ0n) is 10.5. The van der Waals surface area contributed by atoms with E-state index in [4.69, 9.17) is 0 Å². The van der Waals surface area contributed by atoms with Gasteiger partial charge in [0.05, 0.1) is 11.3 Å². The lowest BCUT2D eigenvalue weighted by Gasteiger charge is -2.21. The van der Waals surface area contributed by atoms with Gasteiger partial charge in [0, 0.05) is 13.1 Å². The fraction of sp³-hybridized carbons (Fsp3) is 0.417. The first-order chi connectivity index (χ1) is 8.81. The van der Waals surface area contributed by atoms with Gasteiger partial charge >= 0.3 is 12.2 Å². The summed E-state index contributed by atoms with van der Waals surface area (Å²) >= 11 is 0. The Morgan fingerprint density at radius 3 is 2.32 bits per heavy atom. The predicted octanol–water partition coefficient (Wildman–Crippen LogP) is 3.72. The molecule has 0 aliphatic carbocycles. The first kappa shape index (κ1) is 15.3. The number of alkyl halides is 3. The molecule has 1 aromatic rings. The number of amides is 2. The van der Waals surface area contributed by atoms with E-state index in [2.05, 4.69) is 0 Å². The van der Waals surface area contributed by atoms with Crippen LogP contribution in [0.5, 0.6) is 0 Å². The standard InChI is InChI=1S/C12H14F4N2O/c1-3-18(4-2)11(19)17-10-8(12(14,15)16)6-5-7-9(10)13/h5-7H,3-4H2,1-2H3,(H,17,19). The summed E-state index contributed by atoms with van der Waals surface area (Å²) in [6.07, 6.45) is -4.73. The molecule has 7 heteroatoms. The molecule has 0 unspecified atom stereocenters. The summed E-state index contributed by atoms with van der Waals surface area (Å²) in [5.41, 5.74) is -2.04. The molecule has 0 aromatic heterocycles. The van der Waals surface area contributed by atoms with Crippen LogP contribution >= 0.6 is 0 Å². The summed E-state index contributed by atoms with van der Waals surface area (Å²) < 4.78 is 51.6. The molecule has 0 fully saturated rings. The molecule has 0 heterocycles. The third-order valence-corrected chi connectivity index (χ3v) is 2.60. The third kappa shape index (κ3) is 3.59. The topological polar surface area (TPSA) is 32.3 Å². The van der Waals surface area contributed by atoms with Crippen LogP contribution in [0.4, 0.5) is 28.0 Å². The zero-order valence-corrected chi connectivity index (χ0v) is 10.5. The van der Waals surface area contributed by atoms with Crippen molar-refractivity contribution < 1.29 is 22.4 Å². The first-order valence-electron chi connectivity index (χ1n) is 5.72. The molecule has 0 aliphatic heterocycles. The van der Waals surface area contributed by atoms with Gasteiger partial charge < -0.3 is 10.2 Å². The molecule has 2 amide bonds. The van der Waals surface area contributed by atoms with Crippen LogP contribution < -0.4 is 5.32 Å². The lowest BCUT2D eigenvalue weighted by molar-refractivity contribution is -0.137. The van der Waals surface area contributed by atoms with E-state index in [1.807, 2.05) is 5.32 Å². The van der Waals surface area contributed by atoms with Gasteiger partial charge in [-0.05, 0) is 26.0 Å². The van der Waals surface area contributed by atoms with Crippen molar-refractivity contribution in [3.05, 3.63) is 29.6 Å². The molecule has 0 bridgehead atoms. The molecule has 0 saturated carbocycles. The second kappa shape index (κ2) is 5.90. The predicted molar refractivity (Wildman–Crippen MR) is 63.3 cm³/mol. The SMILES string of the molecule is CCN(CC)C(=O)Nc1c(F)cccc1C(F)(F)F. The summed E-state index contributed by atoms with van der Waals surface area (Å²) in [6.45, 7) is 3.99. The van der Waals surface area contributed by atoms with Gasteiger partial charge in [0.15, 0.2) is 0 Å². The molecule has 0 radical (unpaired) electrons. The smallest absolute Gasteiger partial charge is 0.325 e. The number of carbonyl (C=O) groups is 1. The van der Waals surface area contributed by atoms with Crippen molar-refractivity contribution in [1.29, 1.82) is 0 Å². The Balaban J connectivity index is 3.10. The maximum atomic E-state index is 13.5. The molecule has 1 aromatic carbocycles. The van der Waals surface area contributed by atoms with Crippen molar-refractivity contribution in [2.24, 2.45) is 0 Å². The van der Waals surface area contributed by atoms with Crippen LogP contribution in [0.15, 0.2) is 18.2 Å². The maximum Gasteiger partial charge on any atom is 0.418 e. The minimum atomic E-state index is -4.73. The Bertz CT molecular complexity index is 456. The molecular formula is C12H14F4N2O. The lowest BCUT2D eigenvalue weighted by atomic mass is 10.1. The van der Waals surface area contributed by atoms with Crippen LogP contribution in [0.25, 0.3) is 0 Å². The van der Waals surface area contributed by atoms with Crippen molar-refractivity contribution in [3.63, 3.8) is 0 Å². The number of para-hydroxylation sites is 1. The van der Waals surface area contributed by atoms with Gasteiger partial charge in [0.1, 0.15) is 5.82 Å². The van der Waals surface area contributed by atoms with E-state index < -0.39 is 29.3 Å². The van der Waals surface area contributed by atoms with E-state index >= 15 is 0 Å². The van der Waals surface area contributed by atoms with Crippen molar-refractivity contribution >= 4 is 11.7 Å². The Morgan fingerprint density at radius 1 is 1.26 bits per heavy atom. The second-order valence-corrected chi connectivity index (χ2v) is 3.76. The quantitative estimate of drug-likeness (QED) is 0.840. The highest BCUT2D eigenvalue weighted by Gasteiger charge is 2.35. The molecule has 1 N–H and O–H groups in total. The van der Waals surface area contributed by atoms with Gasteiger partial charge in [-0.1, -0.05) is 6.07 Å². The highest BCUT2D eigenvalue weighted by atomic mass is 19.4. The number of hydrogen-bond acceptors (Lipinski definition) is 1. The molecule has 0 saturated heterocycles. The average molecular weight is 278 g/mol. The highest BCUT2D eigenvalue weighted by Crippen LogP contribution is 2.36. The van der Waals surface area contributed by atoms with Gasteiger partial charge in [-0.15, -0.1) is 0 Å². The minimum Gasteiger partial charge on any atom is -0.325 e. The average Bonchev–Trinajstić information content (AvgIpc) is 2.32. The lowest BCUT2D eigenvalue weighted by Crippen LogP contribution is -2.35. The van der Waals surface area contributed by atoms with Gasteiger partial charge in [-0.3, -0.25) is 0 Å². The summed E-state index contributed by atoms with van der Waals surface area (Å²) in [5.74, 6) is -1.12. The third-order valence-electron chi connectivity index (χ3n) is 2.60. The molecule has 1 rings (SSSR count). The van der Waals surface area contributed by atoms with E-state index in [0.29, 0.717) is 13.1 Å². The van der Waals surface area contributed by atoms with Crippen molar-refractivity contribution in [2.45, 2.75) is 20.0 Å². The maximum absolute atomic E-state index is 13.5. The number of urea groups is 1. The van der Waals surface area contributed by atoms with Gasteiger partial charge in [-0.25, -0.2) is 9.18 Å². The van der Waals surface area contributed by atoms with Crippen molar-refractivity contribution in [1.82, 2.24) is 4.90 Å². The van der Waals surface area contributed by atoms with E-state index in [1.165, 1.54) is 4.90 Å². The summed E-state index contributed by atoms with van der Waals surface area (Å²) in [6, 6.07) is 1.78. The molecular weight excluding hydrogens is 264 g/mol. The number of nitrogens with zero attached hydrogens (tertiary/aromatic N) is 1. The molecule has 0 aliphatic rings. The number of carbonyl (C=O) groups excluding carboxylic acids is 1. The Hall–Kier alpha value is -1.79. The minimum absolute atomic E-state index is 0.318. The molecule has 106 valence electrons. The number of rotatable bonds is 3. The molecule has 0 spiro atoms. The second-order valence-electron chi connectivity index (χ2n) is 3.76. The van der Waals surface area contributed by atoms with Gasteiger partial charge in [0.2, 0.25) is 0 Å². The van der Waals surface area contributed by atoms with Crippen LogP contribution in [0, 0.1) is 5.82 Å². The van der Waals surface area contributed by atoms with Crippen LogP contribution in [-0.2, 0) is 6.18 Å². The Morgan fingerprint density at radius 2 is 1.84 bits per heavy atom. The Kier molecular flexibility index (Phi) is 4.74. The summed E-state index contributed by atoms with van der Waals surface area (Å²) in [4.78, 5) is 12.9. The van der Waals surface area contributed by atoms with E-state index in [1.54, 1.807) is 13.8 Å².